The number of hydrogen-bond acceptors (Lipinski definition) is 5. The zero-order valence-electron chi connectivity index (χ0n) is 15.9. The first-order valence-electron chi connectivity index (χ1n) is 8.99. The summed E-state index contributed by atoms with van der Waals surface area (Å²) < 4.78 is 19.9. The summed E-state index contributed by atoms with van der Waals surface area (Å²) in [6.07, 6.45) is 1.53. The molecule has 0 radical (unpaired) electrons. The molecule has 1 amide bonds. The second-order valence-electron chi connectivity index (χ2n) is 6.63. The fourth-order valence-electron chi connectivity index (χ4n) is 3.25. The van der Waals surface area contributed by atoms with Gasteiger partial charge in [0, 0.05) is 10.4 Å². The molecular formula is C21H18FN3O3S. The van der Waals surface area contributed by atoms with Crippen LogP contribution in [0.1, 0.15) is 16.5 Å². The highest BCUT2D eigenvalue weighted by Gasteiger charge is 2.19. The summed E-state index contributed by atoms with van der Waals surface area (Å²) in [5.41, 5.74) is 1.18. The molecule has 4 aromatic rings. The van der Waals surface area contributed by atoms with E-state index in [-0.39, 0.29) is 30.4 Å². The predicted octanol–water partition coefficient (Wildman–Crippen LogP) is 3.79. The van der Waals surface area contributed by atoms with Crippen LogP contribution < -0.4 is 10.9 Å². The Morgan fingerprint density at radius 2 is 2.00 bits per heavy atom. The van der Waals surface area contributed by atoms with Crippen molar-refractivity contribution in [1.29, 1.82) is 0 Å². The molecule has 0 fully saturated rings. The maximum atomic E-state index is 13.3. The van der Waals surface area contributed by atoms with E-state index in [0.29, 0.717) is 21.8 Å². The monoisotopic (exact) mass is 411 g/mol. The summed E-state index contributed by atoms with van der Waals surface area (Å²) in [6.45, 7) is 3.70. The summed E-state index contributed by atoms with van der Waals surface area (Å²) >= 11 is 1.41. The van der Waals surface area contributed by atoms with Gasteiger partial charge in [0.25, 0.3) is 5.56 Å². The lowest BCUT2D eigenvalue weighted by Gasteiger charge is -2.10. The first kappa shape index (κ1) is 19.1. The van der Waals surface area contributed by atoms with E-state index in [4.69, 9.17) is 4.42 Å². The zero-order valence-corrected chi connectivity index (χ0v) is 16.7. The van der Waals surface area contributed by atoms with Crippen LogP contribution in [-0.2, 0) is 17.9 Å². The van der Waals surface area contributed by atoms with Gasteiger partial charge in [0.05, 0.1) is 18.2 Å². The van der Waals surface area contributed by atoms with Crippen molar-refractivity contribution in [2.24, 2.45) is 0 Å². The van der Waals surface area contributed by atoms with Crippen LogP contribution in [0.4, 0.5) is 4.39 Å². The van der Waals surface area contributed by atoms with Gasteiger partial charge in [-0.1, -0.05) is 12.1 Å². The lowest BCUT2D eigenvalue weighted by atomic mass is 10.0. The second kappa shape index (κ2) is 7.63. The fraction of sp³-hybridized carbons (Fsp3) is 0.190. The zero-order chi connectivity index (χ0) is 20.5. The Balaban J connectivity index is 1.71. The number of carbonyl (C=O) groups excluding carboxylic acids is 1. The van der Waals surface area contributed by atoms with Crippen molar-refractivity contribution in [3.63, 3.8) is 0 Å². The van der Waals surface area contributed by atoms with Gasteiger partial charge in [-0.05, 0) is 43.7 Å². The number of furan rings is 1. The number of aromatic nitrogens is 2. The van der Waals surface area contributed by atoms with Crippen molar-refractivity contribution >= 4 is 27.5 Å². The third-order valence-corrected chi connectivity index (χ3v) is 5.65. The molecule has 4 rings (SSSR count). The van der Waals surface area contributed by atoms with Crippen LogP contribution in [0.25, 0.3) is 21.3 Å². The molecule has 29 heavy (non-hydrogen) atoms. The van der Waals surface area contributed by atoms with Crippen molar-refractivity contribution in [2.75, 3.05) is 0 Å². The molecule has 0 spiro atoms. The Morgan fingerprint density at radius 3 is 2.69 bits per heavy atom. The number of nitrogens with zero attached hydrogens (tertiary/aromatic N) is 2. The standard InChI is InChI=1S/C21H18FN3O3S/c1-12-18(14-5-7-15(22)8-6-14)19-20(29-12)24-13(2)25(21(19)27)11-17(26)23-10-16-4-3-9-28-16/h3-9H,10-11H2,1-2H3,(H,23,26). The van der Waals surface area contributed by atoms with Crippen molar-refractivity contribution in [3.8, 4) is 11.1 Å². The van der Waals surface area contributed by atoms with Gasteiger partial charge >= 0.3 is 0 Å². The third-order valence-electron chi connectivity index (χ3n) is 4.65. The Labute approximate surface area is 169 Å². The van der Waals surface area contributed by atoms with Gasteiger partial charge in [-0.25, -0.2) is 9.37 Å². The molecule has 0 saturated carbocycles. The highest BCUT2D eigenvalue weighted by atomic mass is 32.1. The molecule has 8 heteroatoms. The number of hydrogen-bond donors (Lipinski definition) is 1. The van der Waals surface area contributed by atoms with Gasteiger partial charge in [0.2, 0.25) is 5.91 Å². The SMILES string of the molecule is Cc1sc2nc(C)n(CC(=O)NCc3ccco3)c(=O)c2c1-c1ccc(F)cc1. The van der Waals surface area contributed by atoms with Crippen LogP contribution in [0, 0.1) is 19.7 Å². The number of rotatable bonds is 5. The Morgan fingerprint density at radius 1 is 1.24 bits per heavy atom. The maximum absolute atomic E-state index is 13.3. The van der Waals surface area contributed by atoms with Crippen LogP contribution in [0.2, 0.25) is 0 Å². The highest BCUT2D eigenvalue weighted by molar-refractivity contribution is 7.19. The van der Waals surface area contributed by atoms with Crippen molar-refractivity contribution < 1.29 is 13.6 Å². The summed E-state index contributed by atoms with van der Waals surface area (Å²) in [7, 11) is 0. The molecule has 1 N–H and O–H groups in total. The van der Waals surface area contributed by atoms with Crippen LogP contribution >= 0.6 is 11.3 Å². The van der Waals surface area contributed by atoms with Crippen molar-refractivity contribution in [1.82, 2.24) is 14.9 Å². The topological polar surface area (TPSA) is 77.1 Å². The van der Waals surface area contributed by atoms with Gasteiger partial charge in [-0.3, -0.25) is 14.2 Å². The molecule has 6 nitrogen and oxygen atoms in total. The summed E-state index contributed by atoms with van der Waals surface area (Å²) in [5.74, 6) is 0.430. The molecule has 0 aliphatic carbocycles. The minimum absolute atomic E-state index is 0.147. The molecular weight excluding hydrogens is 393 g/mol. The van der Waals surface area contributed by atoms with E-state index in [1.807, 2.05) is 6.92 Å². The molecule has 3 aromatic heterocycles. The second-order valence-corrected chi connectivity index (χ2v) is 7.83. The number of aryl methyl sites for hydroxylation is 2. The Kier molecular flexibility index (Phi) is 5.02. The van der Waals surface area contributed by atoms with Gasteiger partial charge in [0.15, 0.2) is 0 Å². The largest absolute Gasteiger partial charge is 0.467 e. The van der Waals surface area contributed by atoms with Gasteiger partial charge < -0.3 is 9.73 Å². The van der Waals surface area contributed by atoms with E-state index in [0.717, 1.165) is 16.0 Å². The third kappa shape index (κ3) is 3.71. The lowest BCUT2D eigenvalue weighted by Crippen LogP contribution is -2.33. The molecule has 148 valence electrons. The van der Waals surface area contributed by atoms with E-state index in [2.05, 4.69) is 10.3 Å². The number of carbonyl (C=O) groups is 1. The summed E-state index contributed by atoms with van der Waals surface area (Å²) in [6, 6.07) is 9.51. The number of benzene rings is 1. The normalized spacial score (nSPS) is 11.1. The Hall–Kier alpha value is -3.26. The molecule has 0 bridgehead atoms. The van der Waals surface area contributed by atoms with Gasteiger partial charge in [-0.2, -0.15) is 0 Å². The minimum atomic E-state index is -0.342. The average Bonchev–Trinajstić information content (AvgIpc) is 3.31. The number of fused-ring (bicyclic) bond motifs is 1. The van der Waals surface area contributed by atoms with Gasteiger partial charge in [-0.15, -0.1) is 11.3 Å². The number of halogens is 1. The maximum Gasteiger partial charge on any atom is 0.263 e. The van der Waals surface area contributed by atoms with Crippen LogP contribution in [0.5, 0.6) is 0 Å². The fourth-order valence-corrected chi connectivity index (χ4v) is 4.33. The number of thiophene rings is 1. The van der Waals surface area contributed by atoms with Crippen LogP contribution in [0.3, 0.4) is 0 Å². The molecule has 0 saturated heterocycles. The summed E-state index contributed by atoms with van der Waals surface area (Å²) in [4.78, 5) is 31.7. The molecule has 0 unspecified atom stereocenters. The van der Waals surface area contributed by atoms with E-state index in [9.17, 15) is 14.0 Å². The first-order chi connectivity index (χ1) is 13.9. The average molecular weight is 411 g/mol. The lowest BCUT2D eigenvalue weighted by molar-refractivity contribution is -0.122. The predicted molar refractivity (Wildman–Crippen MR) is 109 cm³/mol. The van der Waals surface area contributed by atoms with Crippen LogP contribution in [-0.4, -0.2) is 15.5 Å². The molecule has 0 atom stereocenters. The van der Waals surface area contributed by atoms with Gasteiger partial charge in [0.1, 0.15) is 28.8 Å². The number of amides is 1. The van der Waals surface area contributed by atoms with E-state index < -0.39 is 0 Å². The first-order valence-corrected chi connectivity index (χ1v) is 9.81. The Bertz CT molecular complexity index is 1240. The van der Waals surface area contributed by atoms with Crippen LogP contribution in [0.15, 0.2) is 51.9 Å². The van der Waals surface area contributed by atoms with E-state index >= 15 is 0 Å². The van der Waals surface area contributed by atoms with Crippen molar-refractivity contribution in [3.05, 3.63) is 75.3 Å². The number of nitrogens with one attached hydrogen (secondary N) is 1. The molecule has 3 heterocycles. The van der Waals surface area contributed by atoms with E-state index in [1.54, 1.807) is 31.2 Å². The smallest absolute Gasteiger partial charge is 0.263 e. The molecule has 0 aliphatic heterocycles. The summed E-state index contributed by atoms with van der Waals surface area (Å²) in [5, 5.41) is 3.18. The molecule has 1 aromatic carbocycles. The van der Waals surface area contributed by atoms with E-state index in [1.165, 1.54) is 34.3 Å². The quantitative estimate of drug-likeness (QED) is 0.542. The highest BCUT2D eigenvalue weighted by Crippen LogP contribution is 2.35. The molecule has 0 aliphatic rings. The minimum Gasteiger partial charge on any atom is -0.467 e. The van der Waals surface area contributed by atoms with Crippen molar-refractivity contribution in [2.45, 2.75) is 26.9 Å².